The molecule has 2 aromatic rings. The number of hydrogen-bond donors (Lipinski definition) is 1. The van der Waals surface area contributed by atoms with Crippen LogP contribution in [0.3, 0.4) is 0 Å². The molecule has 0 saturated carbocycles. The van der Waals surface area contributed by atoms with Gasteiger partial charge in [0.1, 0.15) is 11.9 Å². The highest BCUT2D eigenvalue weighted by molar-refractivity contribution is 9.10. The highest BCUT2D eigenvalue weighted by Gasteiger charge is 2.17. The van der Waals surface area contributed by atoms with Crippen molar-refractivity contribution < 1.29 is 9.50 Å². The molecule has 3 heteroatoms. The Labute approximate surface area is 127 Å². The molecular formula is C17H18BrFO. The topological polar surface area (TPSA) is 20.2 Å². The molecule has 2 rings (SSSR count). The Morgan fingerprint density at radius 2 is 1.65 bits per heavy atom. The van der Waals surface area contributed by atoms with Crippen molar-refractivity contribution in [2.75, 3.05) is 0 Å². The Bertz CT molecular complexity index is 599. The average molecular weight is 337 g/mol. The van der Waals surface area contributed by atoms with Gasteiger partial charge in [0.25, 0.3) is 0 Å². The predicted molar refractivity (Wildman–Crippen MR) is 83.3 cm³/mol. The lowest BCUT2D eigenvalue weighted by molar-refractivity contribution is 0.215. The van der Waals surface area contributed by atoms with E-state index in [2.05, 4.69) is 36.7 Å². The number of rotatable bonds is 2. The van der Waals surface area contributed by atoms with Gasteiger partial charge >= 0.3 is 0 Å². The minimum atomic E-state index is -0.957. The molecule has 1 nitrogen and oxygen atoms in total. The monoisotopic (exact) mass is 336 g/mol. The first-order valence-corrected chi connectivity index (χ1v) is 7.32. The van der Waals surface area contributed by atoms with E-state index in [1.165, 1.54) is 11.6 Å². The van der Waals surface area contributed by atoms with E-state index < -0.39 is 11.9 Å². The summed E-state index contributed by atoms with van der Waals surface area (Å²) in [5.41, 5.74) is 2.21. The zero-order valence-electron chi connectivity index (χ0n) is 11.8. The van der Waals surface area contributed by atoms with Gasteiger partial charge in [-0.25, -0.2) is 4.39 Å². The van der Waals surface area contributed by atoms with Gasteiger partial charge in [-0.2, -0.15) is 0 Å². The number of hydrogen-bond acceptors (Lipinski definition) is 1. The van der Waals surface area contributed by atoms with Gasteiger partial charge in [0.05, 0.1) is 0 Å². The quantitative estimate of drug-likeness (QED) is 0.821. The summed E-state index contributed by atoms with van der Waals surface area (Å²) < 4.78 is 14.5. The van der Waals surface area contributed by atoms with Gasteiger partial charge < -0.3 is 5.11 Å². The van der Waals surface area contributed by atoms with Crippen LogP contribution in [0.15, 0.2) is 46.9 Å². The number of benzene rings is 2. The van der Waals surface area contributed by atoms with Crippen molar-refractivity contribution >= 4 is 15.9 Å². The largest absolute Gasteiger partial charge is 0.384 e. The molecule has 2 aromatic carbocycles. The van der Waals surface area contributed by atoms with E-state index >= 15 is 0 Å². The fourth-order valence-electron chi connectivity index (χ4n) is 2.07. The maximum Gasteiger partial charge on any atom is 0.129 e. The van der Waals surface area contributed by atoms with Gasteiger partial charge in [-0.1, -0.05) is 61.0 Å². The lowest BCUT2D eigenvalue weighted by Crippen LogP contribution is -2.11. The summed E-state index contributed by atoms with van der Waals surface area (Å²) in [5.74, 6) is -0.402. The molecule has 1 unspecified atom stereocenters. The highest BCUT2D eigenvalue weighted by Crippen LogP contribution is 2.29. The van der Waals surface area contributed by atoms with E-state index in [4.69, 9.17) is 0 Å². The number of halogens is 2. The number of aliphatic hydroxyl groups excluding tert-OH is 1. The van der Waals surface area contributed by atoms with Crippen LogP contribution in [0.25, 0.3) is 0 Å². The van der Waals surface area contributed by atoms with Crippen LogP contribution < -0.4 is 0 Å². The van der Waals surface area contributed by atoms with Crippen LogP contribution in [0.4, 0.5) is 4.39 Å². The van der Waals surface area contributed by atoms with Crippen LogP contribution in [0.5, 0.6) is 0 Å². The zero-order valence-corrected chi connectivity index (χ0v) is 13.4. The molecule has 0 fully saturated rings. The van der Waals surface area contributed by atoms with Gasteiger partial charge in [-0.15, -0.1) is 0 Å². The van der Waals surface area contributed by atoms with E-state index in [0.717, 1.165) is 4.47 Å². The summed E-state index contributed by atoms with van der Waals surface area (Å²) in [6.07, 6.45) is -0.957. The van der Waals surface area contributed by atoms with Gasteiger partial charge in [0.2, 0.25) is 0 Å². The first kappa shape index (κ1) is 15.2. The Kier molecular flexibility index (Phi) is 4.31. The average Bonchev–Trinajstić information content (AvgIpc) is 2.40. The summed E-state index contributed by atoms with van der Waals surface area (Å²) in [5, 5.41) is 10.3. The molecule has 0 amide bonds. The smallest absolute Gasteiger partial charge is 0.129 e. The second kappa shape index (κ2) is 5.66. The first-order chi connectivity index (χ1) is 9.29. The van der Waals surface area contributed by atoms with E-state index in [1.807, 2.05) is 24.3 Å². The molecule has 0 saturated heterocycles. The molecule has 0 aromatic heterocycles. The standard InChI is InChI=1S/C17H18BrFO/c1-17(2,3)12-6-4-11(5-7-12)16(20)14-10-13(18)8-9-15(14)19/h4-10,16,20H,1-3H3. The molecule has 0 aliphatic rings. The molecule has 20 heavy (non-hydrogen) atoms. The molecule has 0 heterocycles. The molecule has 106 valence electrons. The van der Waals surface area contributed by atoms with Gasteiger partial charge in [0, 0.05) is 10.0 Å². The van der Waals surface area contributed by atoms with Crippen molar-refractivity contribution in [3.63, 3.8) is 0 Å². The normalized spacial score (nSPS) is 13.3. The first-order valence-electron chi connectivity index (χ1n) is 6.52. The molecule has 1 atom stereocenters. The second-order valence-electron chi connectivity index (χ2n) is 5.94. The molecule has 0 radical (unpaired) electrons. The van der Waals surface area contributed by atoms with Gasteiger partial charge in [0.15, 0.2) is 0 Å². The summed E-state index contributed by atoms with van der Waals surface area (Å²) in [7, 11) is 0. The second-order valence-corrected chi connectivity index (χ2v) is 6.86. The molecule has 0 aliphatic heterocycles. The SMILES string of the molecule is CC(C)(C)c1ccc(C(O)c2cc(Br)ccc2F)cc1. The third kappa shape index (κ3) is 3.28. The Hall–Kier alpha value is -1.19. The van der Waals surface area contributed by atoms with E-state index in [1.54, 1.807) is 12.1 Å². The van der Waals surface area contributed by atoms with E-state index in [-0.39, 0.29) is 11.0 Å². The fraction of sp³-hybridized carbons (Fsp3) is 0.294. The van der Waals surface area contributed by atoms with Crippen LogP contribution in [0.2, 0.25) is 0 Å². The fourth-order valence-corrected chi connectivity index (χ4v) is 2.45. The lowest BCUT2D eigenvalue weighted by Gasteiger charge is -2.20. The zero-order chi connectivity index (χ0) is 14.9. The number of aliphatic hydroxyl groups is 1. The van der Waals surface area contributed by atoms with Crippen molar-refractivity contribution in [1.82, 2.24) is 0 Å². The van der Waals surface area contributed by atoms with Crippen LogP contribution in [0.1, 0.15) is 43.6 Å². The van der Waals surface area contributed by atoms with Crippen LogP contribution in [-0.2, 0) is 5.41 Å². The molecule has 0 spiro atoms. The molecule has 0 bridgehead atoms. The summed E-state index contributed by atoms with van der Waals surface area (Å²) >= 11 is 3.30. The minimum absolute atomic E-state index is 0.0600. The lowest BCUT2D eigenvalue weighted by atomic mass is 9.86. The van der Waals surface area contributed by atoms with Crippen molar-refractivity contribution in [2.45, 2.75) is 32.3 Å². The summed E-state index contributed by atoms with van der Waals surface area (Å²) in [4.78, 5) is 0. The van der Waals surface area contributed by atoms with Crippen LogP contribution in [0, 0.1) is 5.82 Å². The summed E-state index contributed by atoms with van der Waals surface area (Å²) in [6, 6.07) is 12.2. The maximum absolute atomic E-state index is 13.8. The predicted octanol–water partition coefficient (Wildman–Crippen LogP) is 4.97. The van der Waals surface area contributed by atoms with Crippen molar-refractivity contribution in [3.05, 3.63) is 69.4 Å². The third-order valence-electron chi connectivity index (χ3n) is 3.35. The van der Waals surface area contributed by atoms with E-state index in [9.17, 15) is 9.50 Å². The minimum Gasteiger partial charge on any atom is -0.384 e. The Balaban J connectivity index is 2.34. The highest BCUT2D eigenvalue weighted by atomic mass is 79.9. The van der Waals surface area contributed by atoms with Gasteiger partial charge in [-0.3, -0.25) is 0 Å². The molecule has 1 N–H and O–H groups in total. The van der Waals surface area contributed by atoms with Crippen molar-refractivity contribution in [3.8, 4) is 0 Å². The van der Waals surface area contributed by atoms with Crippen molar-refractivity contribution in [2.24, 2.45) is 0 Å². The van der Waals surface area contributed by atoms with Crippen molar-refractivity contribution in [1.29, 1.82) is 0 Å². The molecular weight excluding hydrogens is 319 g/mol. The van der Waals surface area contributed by atoms with Crippen LogP contribution >= 0.6 is 15.9 Å². The molecule has 0 aliphatic carbocycles. The Morgan fingerprint density at radius 3 is 2.20 bits per heavy atom. The maximum atomic E-state index is 13.8. The Morgan fingerprint density at radius 1 is 1.05 bits per heavy atom. The van der Waals surface area contributed by atoms with Gasteiger partial charge in [-0.05, 0) is 34.7 Å². The van der Waals surface area contributed by atoms with E-state index in [0.29, 0.717) is 5.56 Å². The third-order valence-corrected chi connectivity index (χ3v) is 3.84. The summed E-state index contributed by atoms with van der Waals surface area (Å²) in [6.45, 7) is 6.39. The van der Waals surface area contributed by atoms with Crippen LogP contribution in [-0.4, -0.2) is 5.11 Å².